The second-order valence-corrected chi connectivity index (χ2v) is 5.97. The van der Waals surface area contributed by atoms with Crippen molar-refractivity contribution in [1.29, 1.82) is 0 Å². The van der Waals surface area contributed by atoms with Gasteiger partial charge in [-0.15, -0.1) is 0 Å². The highest BCUT2D eigenvalue weighted by Crippen LogP contribution is 2.19. The molecule has 1 aromatic heterocycles. The quantitative estimate of drug-likeness (QED) is 0.684. The number of anilines is 1. The third kappa shape index (κ3) is 5.86. The first-order valence-electron chi connectivity index (χ1n) is 9.03. The zero-order valence-corrected chi connectivity index (χ0v) is 15.8. The van der Waals surface area contributed by atoms with Gasteiger partial charge >= 0.3 is 6.03 Å². The number of aromatic nitrogens is 2. The van der Waals surface area contributed by atoms with Crippen LogP contribution in [0.4, 0.5) is 10.5 Å². The predicted molar refractivity (Wildman–Crippen MR) is 103 cm³/mol. The average Bonchev–Trinajstić information content (AvgIpc) is 3.11. The molecule has 26 heavy (non-hydrogen) atoms. The van der Waals surface area contributed by atoms with Gasteiger partial charge in [0.05, 0.1) is 31.1 Å². The topological polar surface area (TPSA) is 71.4 Å². The molecule has 1 heterocycles. The fraction of sp³-hybridized carbons (Fsp3) is 0.474. The summed E-state index contributed by atoms with van der Waals surface area (Å²) in [5.74, 6) is 0. The number of amides is 2. The molecule has 142 valence electrons. The molecule has 1 unspecified atom stereocenters. The van der Waals surface area contributed by atoms with E-state index in [1.165, 1.54) is 5.56 Å². The van der Waals surface area contributed by atoms with Gasteiger partial charge in [-0.05, 0) is 18.7 Å². The van der Waals surface area contributed by atoms with E-state index in [2.05, 4.69) is 46.6 Å². The molecule has 7 nitrogen and oxygen atoms in total. The Balaban J connectivity index is 1.93. The van der Waals surface area contributed by atoms with Crippen LogP contribution in [0.2, 0.25) is 0 Å². The summed E-state index contributed by atoms with van der Waals surface area (Å²) in [4.78, 5) is 14.6. The van der Waals surface area contributed by atoms with Gasteiger partial charge in [-0.2, -0.15) is 5.10 Å². The van der Waals surface area contributed by atoms with Crippen molar-refractivity contribution in [2.45, 2.75) is 26.4 Å². The van der Waals surface area contributed by atoms with Gasteiger partial charge in [0.1, 0.15) is 0 Å². The fourth-order valence-electron chi connectivity index (χ4n) is 2.90. The lowest BCUT2D eigenvalue weighted by molar-refractivity contribution is 0.183. The van der Waals surface area contributed by atoms with E-state index in [1.54, 1.807) is 24.2 Å². The Morgan fingerprint density at radius 3 is 2.65 bits per heavy atom. The van der Waals surface area contributed by atoms with Crippen LogP contribution < -0.4 is 10.6 Å². The molecule has 2 N–H and O–H groups in total. The lowest BCUT2D eigenvalue weighted by Gasteiger charge is -2.30. The summed E-state index contributed by atoms with van der Waals surface area (Å²) in [6, 6.07) is 10.2. The van der Waals surface area contributed by atoms with Gasteiger partial charge in [0, 0.05) is 19.9 Å². The first kappa shape index (κ1) is 19.9. The summed E-state index contributed by atoms with van der Waals surface area (Å²) in [5.41, 5.74) is 1.86. The molecule has 0 saturated heterocycles. The monoisotopic (exact) mass is 359 g/mol. The molecular weight excluding hydrogens is 330 g/mol. The van der Waals surface area contributed by atoms with E-state index in [4.69, 9.17) is 4.74 Å². The van der Waals surface area contributed by atoms with Crippen LogP contribution in [0.15, 0.2) is 42.7 Å². The molecule has 0 aliphatic heterocycles. The minimum atomic E-state index is -0.232. The van der Waals surface area contributed by atoms with Crippen LogP contribution in [0.25, 0.3) is 0 Å². The average molecular weight is 359 g/mol. The Morgan fingerprint density at radius 1 is 1.27 bits per heavy atom. The van der Waals surface area contributed by atoms with Crippen LogP contribution in [0.1, 0.15) is 25.5 Å². The Kier molecular flexibility index (Phi) is 8.11. The molecule has 1 atom stereocenters. The lowest BCUT2D eigenvalue weighted by atomic mass is 10.1. The van der Waals surface area contributed by atoms with Crippen LogP contribution in [-0.4, -0.2) is 54.1 Å². The highest BCUT2D eigenvalue weighted by Gasteiger charge is 2.18. The number of rotatable bonds is 10. The Labute approximate surface area is 155 Å². The molecule has 7 heteroatoms. The van der Waals surface area contributed by atoms with Crippen molar-refractivity contribution in [3.8, 4) is 0 Å². The largest absolute Gasteiger partial charge is 0.383 e. The molecule has 0 radical (unpaired) electrons. The molecule has 0 saturated carbocycles. The van der Waals surface area contributed by atoms with E-state index in [9.17, 15) is 4.79 Å². The molecule has 0 spiro atoms. The molecule has 2 rings (SSSR count). The SMILES string of the molecule is CCN(CC)C(CNC(=O)Nc1cnn(CCOC)c1)c1ccccc1. The second-order valence-electron chi connectivity index (χ2n) is 5.97. The second kappa shape index (κ2) is 10.6. The zero-order valence-electron chi connectivity index (χ0n) is 15.8. The van der Waals surface area contributed by atoms with Gasteiger partial charge in [-0.1, -0.05) is 44.2 Å². The summed E-state index contributed by atoms with van der Waals surface area (Å²) in [5, 5.41) is 10.00. The molecule has 2 amide bonds. The minimum Gasteiger partial charge on any atom is -0.383 e. The molecule has 0 aliphatic rings. The minimum absolute atomic E-state index is 0.140. The van der Waals surface area contributed by atoms with E-state index < -0.39 is 0 Å². The normalized spacial score (nSPS) is 12.2. The summed E-state index contributed by atoms with van der Waals surface area (Å²) in [6.07, 6.45) is 3.42. The highest BCUT2D eigenvalue weighted by molar-refractivity contribution is 5.88. The van der Waals surface area contributed by atoms with Gasteiger partial charge in [0.25, 0.3) is 0 Å². The van der Waals surface area contributed by atoms with E-state index in [1.807, 2.05) is 18.2 Å². The molecule has 0 bridgehead atoms. The van der Waals surface area contributed by atoms with E-state index in [0.717, 1.165) is 13.1 Å². The maximum absolute atomic E-state index is 12.3. The third-order valence-corrected chi connectivity index (χ3v) is 4.31. The number of nitrogens with one attached hydrogen (secondary N) is 2. The zero-order chi connectivity index (χ0) is 18.8. The fourth-order valence-corrected chi connectivity index (χ4v) is 2.90. The summed E-state index contributed by atoms with van der Waals surface area (Å²) >= 11 is 0. The number of carbonyl (C=O) groups excluding carboxylic acids is 1. The Hall–Kier alpha value is -2.38. The molecule has 2 aromatic rings. The van der Waals surface area contributed by atoms with Crippen molar-refractivity contribution in [2.75, 3.05) is 38.7 Å². The summed E-state index contributed by atoms with van der Waals surface area (Å²) in [7, 11) is 1.65. The number of hydrogen-bond donors (Lipinski definition) is 2. The Morgan fingerprint density at radius 2 is 2.00 bits per heavy atom. The predicted octanol–water partition coefficient (Wildman–Crippen LogP) is 2.73. The van der Waals surface area contributed by atoms with E-state index in [0.29, 0.717) is 25.4 Å². The molecule has 1 aromatic carbocycles. The van der Waals surface area contributed by atoms with Crippen LogP contribution in [0, 0.1) is 0 Å². The van der Waals surface area contributed by atoms with E-state index >= 15 is 0 Å². The van der Waals surface area contributed by atoms with Gasteiger partial charge in [-0.25, -0.2) is 4.79 Å². The first-order valence-corrected chi connectivity index (χ1v) is 9.03. The standard InChI is InChI=1S/C19H29N5O2/c1-4-23(5-2)18(16-9-7-6-8-10-16)14-20-19(25)22-17-13-21-24(15-17)11-12-26-3/h6-10,13,15,18H,4-5,11-12,14H2,1-3H3,(H2,20,22,25). The van der Waals surface area contributed by atoms with Gasteiger partial charge in [-0.3, -0.25) is 9.58 Å². The number of benzene rings is 1. The molecule has 0 fully saturated rings. The number of nitrogens with zero attached hydrogens (tertiary/aromatic N) is 3. The van der Waals surface area contributed by atoms with Crippen molar-refractivity contribution in [2.24, 2.45) is 0 Å². The maximum Gasteiger partial charge on any atom is 0.319 e. The number of methoxy groups -OCH3 is 1. The van der Waals surface area contributed by atoms with Crippen LogP contribution in [0.5, 0.6) is 0 Å². The van der Waals surface area contributed by atoms with Crippen molar-refractivity contribution < 1.29 is 9.53 Å². The first-order chi connectivity index (χ1) is 12.7. The van der Waals surface area contributed by atoms with Crippen molar-refractivity contribution >= 4 is 11.7 Å². The van der Waals surface area contributed by atoms with Crippen LogP contribution in [-0.2, 0) is 11.3 Å². The van der Waals surface area contributed by atoms with E-state index in [-0.39, 0.29) is 12.1 Å². The van der Waals surface area contributed by atoms with Crippen LogP contribution in [0.3, 0.4) is 0 Å². The lowest BCUT2D eigenvalue weighted by Crippen LogP contribution is -2.39. The number of carbonyl (C=O) groups is 1. The summed E-state index contributed by atoms with van der Waals surface area (Å²) < 4.78 is 6.76. The number of likely N-dealkylation sites (N-methyl/N-ethyl adjacent to an activating group) is 1. The van der Waals surface area contributed by atoms with Gasteiger partial charge < -0.3 is 15.4 Å². The van der Waals surface area contributed by atoms with Crippen LogP contribution >= 0.6 is 0 Å². The third-order valence-electron chi connectivity index (χ3n) is 4.31. The van der Waals surface area contributed by atoms with Crippen molar-refractivity contribution in [3.63, 3.8) is 0 Å². The number of hydrogen-bond acceptors (Lipinski definition) is 4. The van der Waals surface area contributed by atoms with Crippen molar-refractivity contribution in [3.05, 3.63) is 48.3 Å². The molecular formula is C19H29N5O2. The smallest absolute Gasteiger partial charge is 0.319 e. The Bertz CT molecular complexity index is 655. The number of ether oxygens (including phenoxy) is 1. The van der Waals surface area contributed by atoms with Crippen molar-refractivity contribution in [1.82, 2.24) is 20.0 Å². The van der Waals surface area contributed by atoms with Gasteiger partial charge in [0.15, 0.2) is 0 Å². The highest BCUT2D eigenvalue weighted by atomic mass is 16.5. The summed E-state index contributed by atoms with van der Waals surface area (Å²) in [6.45, 7) is 7.88. The maximum atomic E-state index is 12.3. The van der Waals surface area contributed by atoms with Gasteiger partial charge in [0.2, 0.25) is 0 Å². The number of urea groups is 1. The molecule has 0 aliphatic carbocycles.